The molecule has 1 heterocycles. The van der Waals surface area contributed by atoms with E-state index in [1.807, 2.05) is 6.07 Å². The monoisotopic (exact) mass is 374 g/mol. The van der Waals surface area contributed by atoms with Gasteiger partial charge in [0, 0.05) is 12.1 Å². The number of morpholine rings is 1. The third-order valence-electron chi connectivity index (χ3n) is 4.47. The molecule has 7 heteroatoms. The van der Waals surface area contributed by atoms with E-state index in [0.29, 0.717) is 5.56 Å². The molecule has 0 aromatic heterocycles. The standard InChI is InChI=1S/C19H19FN2O3S/c1-19(2)13-25-17(15-8-4-5-9-16(15)20)12-22(19)26(23,24)18-10-6-3-7-14(18)11-21/h3-10,17H,12-13H2,1-2H3. The zero-order valence-corrected chi connectivity index (χ0v) is 15.3. The fourth-order valence-corrected chi connectivity index (χ4v) is 4.99. The van der Waals surface area contributed by atoms with Gasteiger partial charge in [-0.25, -0.2) is 12.8 Å². The minimum absolute atomic E-state index is 0.0317. The zero-order valence-electron chi connectivity index (χ0n) is 14.5. The molecule has 0 amide bonds. The Hall–Kier alpha value is -2.27. The molecule has 1 atom stereocenters. The highest BCUT2D eigenvalue weighted by Gasteiger charge is 2.44. The first-order valence-corrected chi connectivity index (χ1v) is 9.59. The van der Waals surface area contributed by atoms with Crippen LogP contribution in [0, 0.1) is 17.1 Å². The lowest BCUT2D eigenvalue weighted by atomic mass is 10.0. The van der Waals surface area contributed by atoms with Crippen LogP contribution >= 0.6 is 0 Å². The van der Waals surface area contributed by atoms with E-state index in [2.05, 4.69) is 0 Å². The predicted molar refractivity (Wildman–Crippen MR) is 94.2 cm³/mol. The molecule has 136 valence electrons. The number of hydrogen-bond acceptors (Lipinski definition) is 4. The number of rotatable bonds is 3. The number of halogens is 1. The first kappa shape index (κ1) is 18.5. The smallest absolute Gasteiger partial charge is 0.245 e. The molecular formula is C19H19FN2O3S. The van der Waals surface area contributed by atoms with Crippen LogP contribution in [0.15, 0.2) is 53.4 Å². The Kier molecular flexibility index (Phi) is 4.84. The Balaban J connectivity index is 2.03. The molecule has 1 aliphatic heterocycles. The van der Waals surface area contributed by atoms with E-state index >= 15 is 0 Å². The summed E-state index contributed by atoms with van der Waals surface area (Å²) < 4.78 is 47.7. The van der Waals surface area contributed by atoms with Crippen molar-refractivity contribution in [3.05, 3.63) is 65.5 Å². The second kappa shape index (κ2) is 6.80. The number of nitrogens with zero attached hydrogens (tertiary/aromatic N) is 2. The molecule has 0 aliphatic carbocycles. The van der Waals surface area contributed by atoms with Gasteiger partial charge in [-0.2, -0.15) is 9.57 Å². The van der Waals surface area contributed by atoms with Gasteiger partial charge in [-0.1, -0.05) is 30.3 Å². The van der Waals surface area contributed by atoms with Crippen LogP contribution in [0.4, 0.5) is 4.39 Å². The second-order valence-electron chi connectivity index (χ2n) is 6.78. The molecule has 1 saturated heterocycles. The van der Waals surface area contributed by atoms with Crippen molar-refractivity contribution in [1.29, 1.82) is 5.26 Å². The molecule has 0 bridgehead atoms. The van der Waals surface area contributed by atoms with Crippen LogP contribution in [0.1, 0.15) is 31.1 Å². The highest BCUT2D eigenvalue weighted by Crippen LogP contribution is 2.36. The van der Waals surface area contributed by atoms with Crippen LogP contribution in [-0.4, -0.2) is 31.4 Å². The number of ether oxygens (including phenoxy) is 1. The summed E-state index contributed by atoms with van der Waals surface area (Å²) in [5, 5.41) is 9.27. The molecule has 0 saturated carbocycles. The molecule has 1 aliphatic rings. The maximum Gasteiger partial charge on any atom is 0.245 e. The van der Waals surface area contributed by atoms with Crippen molar-refractivity contribution in [3.8, 4) is 6.07 Å². The minimum atomic E-state index is -3.96. The highest BCUT2D eigenvalue weighted by molar-refractivity contribution is 7.89. The van der Waals surface area contributed by atoms with Gasteiger partial charge in [0.2, 0.25) is 10.0 Å². The van der Waals surface area contributed by atoms with Crippen LogP contribution in [0.3, 0.4) is 0 Å². The lowest BCUT2D eigenvalue weighted by molar-refractivity contribution is -0.0668. The van der Waals surface area contributed by atoms with Crippen LogP contribution in [0.5, 0.6) is 0 Å². The summed E-state index contributed by atoms with van der Waals surface area (Å²) in [7, 11) is -3.96. The summed E-state index contributed by atoms with van der Waals surface area (Å²) in [5.41, 5.74) is -0.433. The van der Waals surface area contributed by atoms with Gasteiger partial charge < -0.3 is 4.74 Å². The first-order valence-electron chi connectivity index (χ1n) is 8.15. The largest absolute Gasteiger partial charge is 0.370 e. The summed E-state index contributed by atoms with van der Waals surface area (Å²) in [6, 6.07) is 14.2. The first-order chi connectivity index (χ1) is 12.3. The van der Waals surface area contributed by atoms with Crippen molar-refractivity contribution in [2.75, 3.05) is 13.2 Å². The maximum atomic E-state index is 14.1. The van der Waals surface area contributed by atoms with Crippen LogP contribution in [0.25, 0.3) is 0 Å². The fourth-order valence-electron chi connectivity index (χ4n) is 3.08. The minimum Gasteiger partial charge on any atom is -0.370 e. The fraction of sp³-hybridized carbons (Fsp3) is 0.316. The van der Waals surface area contributed by atoms with Gasteiger partial charge in [-0.15, -0.1) is 0 Å². The average molecular weight is 374 g/mol. The second-order valence-corrected chi connectivity index (χ2v) is 8.61. The van der Waals surface area contributed by atoms with Crippen LogP contribution in [0.2, 0.25) is 0 Å². The van der Waals surface area contributed by atoms with E-state index in [9.17, 15) is 18.1 Å². The molecule has 26 heavy (non-hydrogen) atoms. The van der Waals surface area contributed by atoms with Crippen molar-refractivity contribution >= 4 is 10.0 Å². The quantitative estimate of drug-likeness (QED) is 0.827. The van der Waals surface area contributed by atoms with Gasteiger partial charge in [0.1, 0.15) is 11.9 Å². The van der Waals surface area contributed by atoms with Gasteiger partial charge in [-0.3, -0.25) is 0 Å². The van der Waals surface area contributed by atoms with E-state index in [4.69, 9.17) is 4.74 Å². The van der Waals surface area contributed by atoms with Gasteiger partial charge >= 0.3 is 0 Å². The summed E-state index contributed by atoms with van der Waals surface area (Å²) in [6.07, 6.45) is -0.715. The van der Waals surface area contributed by atoms with E-state index < -0.39 is 27.5 Å². The number of hydrogen-bond donors (Lipinski definition) is 0. The van der Waals surface area contributed by atoms with Gasteiger partial charge in [0.05, 0.1) is 28.7 Å². The summed E-state index contributed by atoms with van der Waals surface area (Å²) >= 11 is 0. The van der Waals surface area contributed by atoms with Crippen molar-refractivity contribution in [2.24, 2.45) is 0 Å². The van der Waals surface area contributed by atoms with E-state index in [0.717, 1.165) is 0 Å². The summed E-state index contributed by atoms with van der Waals surface area (Å²) in [6.45, 7) is 3.57. The van der Waals surface area contributed by atoms with Crippen molar-refractivity contribution in [3.63, 3.8) is 0 Å². The number of nitriles is 1. The molecule has 1 unspecified atom stereocenters. The van der Waals surface area contributed by atoms with Crippen molar-refractivity contribution in [2.45, 2.75) is 30.4 Å². The van der Waals surface area contributed by atoms with E-state index in [1.165, 1.54) is 22.5 Å². The Morgan fingerprint density at radius 3 is 2.54 bits per heavy atom. The van der Waals surface area contributed by atoms with Crippen molar-refractivity contribution < 1.29 is 17.5 Å². The van der Waals surface area contributed by atoms with Crippen molar-refractivity contribution in [1.82, 2.24) is 4.31 Å². The number of sulfonamides is 1. The maximum absolute atomic E-state index is 14.1. The van der Waals surface area contributed by atoms with E-state index in [1.54, 1.807) is 44.2 Å². The molecule has 0 spiro atoms. The SMILES string of the molecule is CC1(C)COC(c2ccccc2F)CN1S(=O)(=O)c1ccccc1C#N. The third kappa shape index (κ3) is 3.23. The molecule has 3 rings (SSSR count). The lowest BCUT2D eigenvalue weighted by Gasteiger charge is -2.44. The van der Waals surface area contributed by atoms with Crippen LogP contribution in [-0.2, 0) is 14.8 Å². The highest BCUT2D eigenvalue weighted by atomic mass is 32.2. The molecule has 2 aromatic rings. The average Bonchev–Trinajstić information content (AvgIpc) is 2.62. The molecular weight excluding hydrogens is 355 g/mol. The lowest BCUT2D eigenvalue weighted by Crippen LogP contribution is -2.56. The van der Waals surface area contributed by atoms with Gasteiger partial charge in [0.15, 0.2) is 0 Å². The Bertz CT molecular complexity index is 967. The Morgan fingerprint density at radius 2 is 1.85 bits per heavy atom. The molecule has 0 N–H and O–H groups in total. The molecule has 1 fully saturated rings. The molecule has 5 nitrogen and oxygen atoms in total. The van der Waals surface area contributed by atoms with Gasteiger partial charge in [0.25, 0.3) is 0 Å². The predicted octanol–water partition coefficient (Wildman–Crippen LogP) is 3.24. The Labute approximate surface area is 152 Å². The summed E-state index contributed by atoms with van der Waals surface area (Å²) in [5.74, 6) is -0.438. The zero-order chi connectivity index (χ0) is 18.9. The number of benzene rings is 2. The van der Waals surface area contributed by atoms with Crippen LogP contribution < -0.4 is 0 Å². The van der Waals surface area contributed by atoms with E-state index in [-0.39, 0.29) is 23.6 Å². The van der Waals surface area contributed by atoms with Gasteiger partial charge in [-0.05, 0) is 32.0 Å². The molecule has 0 radical (unpaired) electrons. The normalized spacial score (nSPS) is 20.5. The topological polar surface area (TPSA) is 70.4 Å². The Morgan fingerprint density at radius 1 is 1.19 bits per heavy atom. The summed E-state index contributed by atoms with van der Waals surface area (Å²) in [4.78, 5) is -0.0511. The molecule has 2 aromatic carbocycles. The third-order valence-corrected chi connectivity index (χ3v) is 6.61.